The lowest BCUT2D eigenvalue weighted by Crippen LogP contribution is -2.30. The summed E-state index contributed by atoms with van der Waals surface area (Å²) in [5.74, 6) is 1.02. The Kier molecular flexibility index (Phi) is 5.33. The Morgan fingerprint density at radius 1 is 1.25 bits per heavy atom. The molecule has 1 N–H and O–H groups in total. The van der Waals surface area contributed by atoms with Crippen molar-refractivity contribution in [2.24, 2.45) is 0 Å². The van der Waals surface area contributed by atoms with Crippen LogP contribution in [0.3, 0.4) is 0 Å². The van der Waals surface area contributed by atoms with Gasteiger partial charge in [-0.25, -0.2) is 0 Å². The van der Waals surface area contributed by atoms with Crippen LogP contribution in [0.5, 0.6) is 5.75 Å². The molecule has 0 aromatic heterocycles. The Bertz CT molecular complexity index is 323. The van der Waals surface area contributed by atoms with Gasteiger partial charge in [-0.1, -0.05) is 26.0 Å². The van der Waals surface area contributed by atoms with Crippen LogP contribution in [0.25, 0.3) is 0 Å². The highest BCUT2D eigenvalue weighted by molar-refractivity contribution is 5.38. The molecule has 0 amide bonds. The first-order valence-electron chi connectivity index (χ1n) is 6.12. The summed E-state index contributed by atoms with van der Waals surface area (Å²) in [7, 11) is 0. The van der Waals surface area contributed by atoms with Gasteiger partial charge in [0, 0.05) is 6.54 Å². The van der Waals surface area contributed by atoms with E-state index in [-0.39, 0.29) is 6.10 Å². The highest BCUT2D eigenvalue weighted by Gasteiger charge is 2.09. The number of likely N-dealkylation sites (N-methyl/N-ethyl adjacent to an activating group) is 1. The van der Waals surface area contributed by atoms with Crippen molar-refractivity contribution in [3.05, 3.63) is 29.3 Å². The third-order valence-electron chi connectivity index (χ3n) is 2.93. The van der Waals surface area contributed by atoms with E-state index in [0.29, 0.717) is 0 Å². The Morgan fingerprint density at radius 2 is 2.00 bits per heavy atom. The second-order valence-corrected chi connectivity index (χ2v) is 4.15. The third-order valence-corrected chi connectivity index (χ3v) is 2.93. The fourth-order valence-electron chi connectivity index (χ4n) is 1.61. The second kappa shape index (κ2) is 6.54. The zero-order chi connectivity index (χ0) is 12.0. The molecule has 2 heteroatoms. The summed E-state index contributed by atoms with van der Waals surface area (Å²) in [6, 6.07) is 6.22. The van der Waals surface area contributed by atoms with Gasteiger partial charge in [0.25, 0.3) is 0 Å². The van der Waals surface area contributed by atoms with Gasteiger partial charge in [-0.05, 0) is 44.0 Å². The van der Waals surface area contributed by atoms with Crippen molar-refractivity contribution < 1.29 is 4.74 Å². The van der Waals surface area contributed by atoms with E-state index in [9.17, 15) is 0 Å². The van der Waals surface area contributed by atoms with Crippen LogP contribution < -0.4 is 10.1 Å². The van der Waals surface area contributed by atoms with Gasteiger partial charge in [0.15, 0.2) is 0 Å². The lowest BCUT2D eigenvalue weighted by molar-refractivity contribution is 0.193. The SMILES string of the molecule is CCNCC(CC)Oc1cccc(C)c1C. The first-order chi connectivity index (χ1) is 7.69. The van der Waals surface area contributed by atoms with E-state index in [0.717, 1.165) is 25.3 Å². The zero-order valence-corrected chi connectivity index (χ0v) is 10.8. The van der Waals surface area contributed by atoms with Crippen LogP contribution in [0.4, 0.5) is 0 Å². The molecule has 0 aliphatic carbocycles. The molecule has 2 nitrogen and oxygen atoms in total. The summed E-state index contributed by atoms with van der Waals surface area (Å²) in [5, 5.41) is 3.33. The summed E-state index contributed by atoms with van der Waals surface area (Å²) in [6.45, 7) is 10.4. The lowest BCUT2D eigenvalue weighted by Gasteiger charge is -2.19. The molecule has 0 saturated heterocycles. The Labute approximate surface area is 99.0 Å². The molecular weight excluding hydrogens is 198 g/mol. The summed E-state index contributed by atoms with van der Waals surface area (Å²) >= 11 is 0. The average molecular weight is 221 g/mol. The minimum atomic E-state index is 0.264. The van der Waals surface area contributed by atoms with Gasteiger partial charge in [-0.2, -0.15) is 0 Å². The van der Waals surface area contributed by atoms with E-state index in [1.165, 1.54) is 11.1 Å². The predicted octanol–water partition coefficient (Wildman–Crippen LogP) is 3.07. The van der Waals surface area contributed by atoms with Crippen LogP contribution in [0, 0.1) is 13.8 Å². The molecule has 0 saturated carbocycles. The zero-order valence-electron chi connectivity index (χ0n) is 10.8. The standard InChI is InChI=1S/C14H23NO/c1-5-13(10-15-6-2)16-14-9-7-8-11(3)12(14)4/h7-9,13,15H,5-6,10H2,1-4H3. The Balaban J connectivity index is 2.66. The molecule has 0 aliphatic heterocycles. The van der Waals surface area contributed by atoms with E-state index in [1.54, 1.807) is 0 Å². The number of hydrogen-bond acceptors (Lipinski definition) is 2. The fourth-order valence-corrected chi connectivity index (χ4v) is 1.61. The molecule has 1 aromatic rings. The minimum Gasteiger partial charge on any atom is -0.489 e. The second-order valence-electron chi connectivity index (χ2n) is 4.15. The first-order valence-corrected chi connectivity index (χ1v) is 6.12. The molecule has 16 heavy (non-hydrogen) atoms. The average Bonchev–Trinajstić information content (AvgIpc) is 2.30. The monoisotopic (exact) mass is 221 g/mol. The summed E-state index contributed by atoms with van der Waals surface area (Å²) in [4.78, 5) is 0. The fraction of sp³-hybridized carbons (Fsp3) is 0.571. The van der Waals surface area contributed by atoms with Gasteiger partial charge < -0.3 is 10.1 Å². The number of nitrogens with one attached hydrogen (secondary N) is 1. The molecule has 0 bridgehead atoms. The first kappa shape index (κ1) is 13.0. The van der Waals surface area contributed by atoms with Crippen LogP contribution in [0.15, 0.2) is 18.2 Å². The predicted molar refractivity (Wildman–Crippen MR) is 69.2 cm³/mol. The van der Waals surface area contributed by atoms with Crippen LogP contribution in [0.1, 0.15) is 31.4 Å². The normalized spacial score (nSPS) is 12.5. The lowest BCUT2D eigenvalue weighted by atomic mass is 10.1. The molecule has 0 aliphatic rings. The minimum absolute atomic E-state index is 0.264. The van der Waals surface area contributed by atoms with E-state index in [4.69, 9.17) is 4.74 Å². The molecule has 1 atom stereocenters. The van der Waals surface area contributed by atoms with Crippen LogP contribution in [-0.4, -0.2) is 19.2 Å². The van der Waals surface area contributed by atoms with Crippen molar-refractivity contribution in [2.45, 2.75) is 40.2 Å². The molecule has 0 fully saturated rings. The maximum absolute atomic E-state index is 6.01. The molecule has 0 spiro atoms. The summed E-state index contributed by atoms with van der Waals surface area (Å²) < 4.78 is 6.01. The van der Waals surface area contributed by atoms with E-state index in [1.807, 2.05) is 0 Å². The smallest absolute Gasteiger partial charge is 0.122 e. The number of benzene rings is 1. The largest absolute Gasteiger partial charge is 0.489 e. The quantitative estimate of drug-likeness (QED) is 0.797. The molecule has 0 radical (unpaired) electrons. The van der Waals surface area contributed by atoms with Gasteiger partial charge in [0.1, 0.15) is 11.9 Å². The van der Waals surface area contributed by atoms with Crippen molar-refractivity contribution in [1.29, 1.82) is 0 Å². The highest BCUT2D eigenvalue weighted by Crippen LogP contribution is 2.22. The van der Waals surface area contributed by atoms with Gasteiger partial charge in [0.2, 0.25) is 0 Å². The molecule has 1 rings (SSSR count). The number of hydrogen-bond donors (Lipinski definition) is 1. The number of rotatable bonds is 6. The summed E-state index contributed by atoms with van der Waals surface area (Å²) in [5.41, 5.74) is 2.54. The third kappa shape index (κ3) is 3.53. The van der Waals surface area contributed by atoms with E-state index >= 15 is 0 Å². The molecule has 1 aromatic carbocycles. The van der Waals surface area contributed by atoms with Gasteiger partial charge in [-0.3, -0.25) is 0 Å². The molecule has 0 heterocycles. The van der Waals surface area contributed by atoms with Gasteiger partial charge in [-0.15, -0.1) is 0 Å². The van der Waals surface area contributed by atoms with Crippen molar-refractivity contribution in [1.82, 2.24) is 5.32 Å². The van der Waals surface area contributed by atoms with Crippen molar-refractivity contribution in [3.8, 4) is 5.75 Å². The van der Waals surface area contributed by atoms with Gasteiger partial charge >= 0.3 is 0 Å². The topological polar surface area (TPSA) is 21.3 Å². The maximum atomic E-state index is 6.01. The summed E-state index contributed by atoms with van der Waals surface area (Å²) in [6.07, 6.45) is 1.29. The molecule has 1 unspecified atom stereocenters. The van der Waals surface area contributed by atoms with Crippen LogP contribution in [0.2, 0.25) is 0 Å². The van der Waals surface area contributed by atoms with E-state index in [2.05, 4.69) is 51.2 Å². The molecular formula is C14H23NO. The van der Waals surface area contributed by atoms with Crippen LogP contribution >= 0.6 is 0 Å². The van der Waals surface area contributed by atoms with E-state index < -0.39 is 0 Å². The maximum Gasteiger partial charge on any atom is 0.122 e. The number of ether oxygens (including phenoxy) is 1. The molecule has 90 valence electrons. The van der Waals surface area contributed by atoms with Crippen molar-refractivity contribution >= 4 is 0 Å². The van der Waals surface area contributed by atoms with Crippen LogP contribution in [-0.2, 0) is 0 Å². The Hall–Kier alpha value is -1.02. The highest BCUT2D eigenvalue weighted by atomic mass is 16.5. The van der Waals surface area contributed by atoms with Crippen molar-refractivity contribution in [2.75, 3.05) is 13.1 Å². The van der Waals surface area contributed by atoms with Gasteiger partial charge in [0.05, 0.1) is 0 Å². The van der Waals surface area contributed by atoms with Crippen molar-refractivity contribution in [3.63, 3.8) is 0 Å². The number of aryl methyl sites for hydroxylation is 1. The Morgan fingerprint density at radius 3 is 2.62 bits per heavy atom.